The average Bonchev–Trinajstić information content (AvgIpc) is 2.95. The Morgan fingerprint density at radius 1 is 1.31 bits per heavy atom. The molecule has 1 atom stereocenters. The molecule has 0 radical (unpaired) electrons. The first-order valence-corrected chi connectivity index (χ1v) is 6.47. The Balaban J connectivity index is 2.51. The van der Waals surface area contributed by atoms with Crippen molar-refractivity contribution in [3.05, 3.63) is 0 Å². The minimum Gasteiger partial charge on any atom is -0.339 e. The summed E-state index contributed by atoms with van der Waals surface area (Å²) in [6, 6.07) is -0.0486. The van der Waals surface area contributed by atoms with Crippen LogP contribution in [0.1, 0.15) is 47.0 Å². The van der Waals surface area contributed by atoms with Gasteiger partial charge in [-0.25, -0.2) is 0 Å². The van der Waals surface area contributed by atoms with E-state index in [1.165, 1.54) is 12.8 Å². The SMILES string of the molecule is CC(C)C[C@@H](N)C(=O)N(CC1CC1)C(C)C. The first-order valence-electron chi connectivity index (χ1n) is 6.47. The van der Waals surface area contributed by atoms with Gasteiger partial charge in [0.2, 0.25) is 5.91 Å². The van der Waals surface area contributed by atoms with Crippen LogP contribution in [0.2, 0.25) is 0 Å². The van der Waals surface area contributed by atoms with Crippen LogP contribution < -0.4 is 5.73 Å². The number of carbonyl (C=O) groups excluding carboxylic acids is 1. The summed E-state index contributed by atoms with van der Waals surface area (Å²) in [5.74, 6) is 1.35. The number of rotatable bonds is 6. The third-order valence-corrected chi connectivity index (χ3v) is 3.10. The summed E-state index contributed by atoms with van der Waals surface area (Å²) in [7, 11) is 0. The lowest BCUT2D eigenvalue weighted by Crippen LogP contribution is -2.48. The maximum absolute atomic E-state index is 12.2. The van der Waals surface area contributed by atoms with Crippen molar-refractivity contribution >= 4 is 5.91 Å². The quantitative estimate of drug-likeness (QED) is 0.753. The fourth-order valence-corrected chi connectivity index (χ4v) is 1.96. The van der Waals surface area contributed by atoms with Gasteiger partial charge in [0.25, 0.3) is 0 Å². The molecule has 94 valence electrons. The highest BCUT2D eigenvalue weighted by Crippen LogP contribution is 2.30. The molecule has 1 aliphatic carbocycles. The first-order chi connectivity index (χ1) is 7.41. The fourth-order valence-electron chi connectivity index (χ4n) is 1.96. The van der Waals surface area contributed by atoms with E-state index in [-0.39, 0.29) is 18.0 Å². The largest absolute Gasteiger partial charge is 0.339 e. The molecule has 0 aromatic heterocycles. The fraction of sp³-hybridized carbons (Fsp3) is 0.923. The van der Waals surface area contributed by atoms with Crippen LogP contribution in [0, 0.1) is 11.8 Å². The van der Waals surface area contributed by atoms with Crippen LogP contribution in [0.5, 0.6) is 0 Å². The van der Waals surface area contributed by atoms with Gasteiger partial charge in [0.15, 0.2) is 0 Å². The standard InChI is InChI=1S/C13H26N2O/c1-9(2)7-12(14)13(16)15(10(3)4)8-11-5-6-11/h9-12H,5-8,14H2,1-4H3/t12-/m1/s1. The molecule has 0 saturated heterocycles. The van der Waals surface area contributed by atoms with E-state index in [4.69, 9.17) is 5.73 Å². The molecule has 1 amide bonds. The Morgan fingerprint density at radius 3 is 2.25 bits per heavy atom. The van der Waals surface area contributed by atoms with E-state index in [0.717, 1.165) is 18.9 Å². The lowest BCUT2D eigenvalue weighted by atomic mass is 10.0. The molecule has 3 heteroatoms. The summed E-state index contributed by atoms with van der Waals surface area (Å²) in [6.07, 6.45) is 3.33. The Hall–Kier alpha value is -0.570. The van der Waals surface area contributed by atoms with Crippen molar-refractivity contribution in [2.24, 2.45) is 17.6 Å². The Morgan fingerprint density at radius 2 is 1.88 bits per heavy atom. The van der Waals surface area contributed by atoms with Gasteiger partial charge in [0, 0.05) is 12.6 Å². The molecule has 1 fully saturated rings. The van der Waals surface area contributed by atoms with Gasteiger partial charge in [-0.1, -0.05) is 13.8 Å². The third kappa shape index (κ3) is 4.12. The second-order valence-corrected chi connectivity index (χ2v) is 5.76. The highest BCUT2D eigenvalue weighted by molar-refractivity contribution is 5.81. The summed E-state index contributed by atoms with van der Waals surface area (Å²) in [6.45, 7) is 9.26. The third-order valence-electron chi connectivity index (χ3n) is 3.10. The molecule has 0 heterocycles. The maximum atomic E-state index is 12.2. The number of carbonyl (C=O) groups is 1. The zero-order chi connectivity index (χ0) is 12.3. The molecule has 0 spiro atoms. The van der Waals surface area contributed by atoms with E-state index in [1.807, 2.05) is 4.90 Å². The minimum absolute atomic E-state index is 0.135. The highest BCUT2D eigenvalue weighted by atomic mass is 16.2. The second kappa shape index (κ2) is 5.67. The molecular weight excluding hydrogens is 200 g/mol. The molecule has 0 bridgehead atoms. The van der Waals surface area contributed by atoms with Crippen LogP contribution in [0.4, 0.5) is 0 Å². The topological polar surface area (TPSA) is 46.3 Å². The van der Waals surface area contributed by atoms with Gasteiger partial charge in [0.1, 0.15) is 0 Å². The zero-order valence-corrected chi connectivity index (χ0v) is 11.1. The number of hydrogen-bond acceptors (Lipinski definition) is 2. The number of hydrogen-bond donors (Lipinski definition) is 1. The molecule has 0 unspecified atom stereocenters. The molecule has 0 aromatic carbocycles. The van der Waals surface area contributed by atoms with Gasteiger partial charge in [-0.2, -0.15) is 0 Å². The van der Waals surface area contributed by atoms with E-state index in [0.29, 0.717) is 5.92 Å². The maximum Gasteiger partial charge on any atom is 0.239 e. The smallest absolute Gasteiger partial charge is 0.239 e. The molecule has 0 aliphatic heterocycles. The highest BCUT2D eigenvalue weighted by Gasteiger charge is 2.30. The zero-order valence-electron chi connectivity index (χ0n) is 11.1. The predicted molar refractivity (Wildman–Crippen MR) is 67.0 cm³/mol. The van der Waals surface area contributed by atoms with Crippen molar-refractivity contribution in [1.82, 2.24) is 4.90 Å². The lowest BCUT2D eigenvalue weighted by Gasteiger charge is -2.30. The monoisotopic (exact) mass is 226 g/mol. The van der Waals surface area contributed by atoms with Crippen molar-refractivity contribution in [3.63, 3.8) is 0 Å². The van der Waals surface area contributed by atoms with Gasteiger partial charge in [-0.05, 0) is 44.9 Å². The van der Waals surface area contributed by atoms with Gasteiger partial charge in [-0.3, -0.25) is 4.79 Å². The summed E-state index contributed by atoms with van der Waals surface area (Å²) >= 11 is 0. The van der Waals surface area contributed by atoms with Crippen LogP contribution in [0.3, 0.4) is 0 Å². The van der Waals surface area contributed by atoms with Gasteiger partial charge in [-0.15, -0.1) is 0 Å². The molecule has 0 aromatic rings. The van der Waals surface area contributed by atoms with Crippen molar-refractivity contribution in [2.75, 3.05) is 6.54 Å². The van der Waals surface area contributed by atoms with E-state index < -0.39 is 0 Å². The van der Waals surface area contributed by atoms with E-state index >= 15 is 0 Å². The number of amides is 1. The van der Waals surface area contributed by atoms with Crippen LogP contribution in [-0.4, -0.2) is 29.4 Å². The van der Waals surface area contributed by atoms with Crippen LogP contribution in [-0.2, 0) is 4.79 Å². The van der Waals surface area contributed by atoms with Crippen molar-refractivity contribution in [2.45, 2.75) is 59.0 Å². The Labute approximate surface area is 99.4 Å². The lowest BCUT2D eigenvalue weighted by molar-refractivity contribution is -0.134. The summed E-state index contributed by atoms with van der Waals surface area (Å²) < 4.78 is 0. The second-order valence-electron chi connectivity index (χ2n) is 5.76. The summed E-state index contributed by atoms with van der Waals surface area (Å²) in [5.41, 5.74) is 5.96. The molecule has 2 N–H and O–H groups in total. The molecule has 1 rings (SSSR count). The van der Waals surface area contributed by atoms with Crippen molar-refractivity contribution in [3.8, 4) is 0 Å². The molecule has 1 saturated carbocycles. The van der Waals surface area contributed by atoms with Gasteiger partial charge >= 0.3 is 0 Å². The average molecular weight is 226 g/mol. The predicted octanol–water partition coefficient (Wildman–Crippen LogP) is 2.01. The number of nitrogens with zero attached hydrogens (tertiary/aromatic N) is 1. The number of nitrogens with two attached hydrogens (primary N) is 1. The van der Waals surface area contributed by atoms with Gasteiger partial charge < -0.3 is 10.6 Å². The Bertz CT molecular complexity index is 234. The van der Waals surface area contributed by atoms with E-state index in [1.54, 1.807) is 0 Å². The van der Waals surface area contributed by atoms with Crippen molar-refractivity contribution < 1.29 is 4.79 Å². The first kappa shape index (κ1) is 13.5. The van der Waals surface area contributed by atoms with Crippen LogP contribution in [0.15, 0.2) is 0 Å². The molecular formula is C13H26N2O. The van der Waals surface area contributed by atoms with Crippen LogP contribution in [0.25, 0.3) is 0 Å². The normalized spacial score (nSPS) is 17.9. The van der Waals surface area contributed by atoms with Crippen LogP contribution >= 0.6 is 0 Å². The summed E-state index contributed by atoms with van der Waals surface area (Å²) in [4.78, 5) is 14.1. The van der Waals surface area contributed by atoms with Crippen molar-refractivity contribution in [1.29, 1.82) is 0 Å². The minimum atomic E-state index is -0.318. The summed E-state index contributed by atoms with van der Waals surface area (Å²) in [5, 5.41) is 0. The molecule has 1 aliphatic rings. The Kier molecular flexibility index (Phi) is 4.78. The van der Waals surface area contributed by atoms with E-state index in [9.17, 15) is 4.79 Å². The molecule has 16 heavy (non-hydrogen) atoms. The van der Waals surface area contributed by atoms with E-state index in [2.05, 4.69) is 27.7 Å². The van der Waals surface area contributed by atoms with Gasteiger partial charge in [0.05, 0.1) is 6.04 Å². The molecule has 3 nitrogen and oxygen atoms in total.